The van der Waals surface area contributed by atoms with Gasteiger partial charge in [0.15, 0.2) is 5.65 Å². The highest BCUT2D eigenvalue weighted by Crippen LogP contribution is 2.32. The average Bonchev–Trinajstić information content (AvgIpc) is 3.04. The van der Waals surface area contributed by atoms with Crippen LogP contribution in [0.2, 0.25) is 0 Å². The fourth-order valence-electron chi connectivity index (χ4n) is 3.37. The lowest BCUT2D eigenvalue weighted by molar-refractivity contribution is -0.137. The smallest absolute Gasteiger partial charge is 0.356 e. The Morgan fingerprint density at radius 1 is 1.15 bits per heavy atom. The number of rotatable bonds is 2. The molecule has 4 heterocycles. The Kier molecular flexibility index (Phi) is 4.01. The molecule has 1 atom stereocenters. The summed E-state index contributed by atoms with van der Waals surface area (Å²) in [4.78, 5) is 10.7. The van der Waals surface area contributed by atoms with Crippen LogP contribution in [0.15, 0.2) is 30.6 Å². The molecule has 4 rings (SSSR count). The molecular formula is C17H17F3N6. The van der Waals surface area contributed by atoms with Crippen LogP contribution >= 0.6 is 0 Å². The van der Waals surface area contributed by atoms with Gasteiger partial charge in [-0.15, -0.1) is 10.2 Å². The predicted octanol–water partition coefficient (Wildman–Crippen LogP) is 3.23. The number of hydrogen-bond donors (Lipinski definition) is 0. The normalized spacial score (nSPS) is 18.5. The molecule has 1 unspecified atom stereocenters. The van der Waals surface area contributed by atoms with Crippen LogP contribution in [0, 0.1) is 6.92 Å². The van der Waals surface area contributed by atoms with Crippen LogP contribution in [0.25, 0.3) is 5.65 Å². The zero-order valence-electron chi connectivity index (χ0n) is 14.1. The Hall–Kier alpha value is -2.71. The second-order valence-corrected chi connectivity index (χ2v) is 6.45. The molecule has 1 fully saturated rings. The summed E-state index contributed by atoms with van der Waals surface area (Å²) in [5.74, 6) is 2.05. The molecule has 0 aromatic carbocycles. The molecule has 136 valence electrons. The van der Waals surface area contributed by atoms with E-state index in [0.717, 1.165) is 37.5 Å². The molecule has 0 N–H and O–H groups in total. The van der Waals surface area contributed by atoms with Gasteiger partial charge in [0.2, 0.25) is 0 Å². The van der Waals surface area contributed by atoms with E-state index in [1.54, 1.807) is 6.20 Å². The van der Waals surface area contributed by atoms with Crippen molar-refractivity contribution in [3.63, 3.8) is 0 Å². The number of anilines is 1. The van der Waals surface area contributed by atoms with Crippen molar-refractivity contribution < 1.29 is 13.2 Å². The third-order valence-electron chi connectivity index (χ3n) is 4.63. The highest BCUT2D eigenvalue weighted by Gasteiger charge is 2.32. The van der Waals surface area contributed by atoms with Crippen molar-refractivity contribution >= 4 is 11.5 Å². The first kappa shape index (κ1) is 16.7. The van der Waals surface area contributed by atoms with Crippen molar-refractivity contribution in [2.45, 2.75) is 31.9 Å². The SMILES string of the molecule is Cc1nccc(N2CCCC(c3nnc4ccc(C(F)(F)F)cn34)C2)n1. The monoisotopic (exact) mass is 362 g/mol. The van der Waals surface area contributed by atoms with Gasteiger partial charge in [0.05, 0.1) is 5.56 Å². The van der Waals surface area contributed by atoms with E-state index in [2.05, 4.69) is 25.1 Å². The highest BCUT2D eigenvalue weighted by atomic mass is 19.4. The van der Waals surface area contributed by atoms with Gasteiger partial charge in [-0.3, -0.25) is 4.40 Å². The molecule has 0 bridgehead atoms. The number of aromatic nitrogens is 5. The van der Waals surface area contributed by atoms with Gasteiger partial charge in [-0.05, 0) is 38.0 Å². The van der Waals surface area contributed by atoms with Crippen LogP contribution in [0.4, 0.5) is 19.0 Å². The second kappa shape index (κ2) is 6.22. The molecule has 3 aromatic heterocycles. The Bertz CT molecular complexity index is 936. The van der Waals surface area contributed by atoms with Crippen molar-refractivity contribution in [2.24, 2.45) is 0 Å². The van der Waals surface area contributed by atoms with E-state index in [4.69, 9.17) is 0 Å². The number of fused-ring (bicyclic) bond motifs is 1. The van der Waals surface area contributed by atoms with Gasteiger partial charge in [-0.25, -0.2) is 9.97 Å². The lowest BCUT2D eigenvalue weighted by Crippen LogP contribution is -2.35. The molecule has 3 aromatic rings. The molecule has 6 nitrogen and oxygen atoms in total. The molecule has 1 aliphatic rings. The predicted molar refractivity (Wildman–Crippen MR) is 88.9 cm³/mol. The van der Waals surface area contributed by atoms with Crippen molar-refractivity contribution in [2.75, 3.05) is 18.0 Å². The van der Waals surface area contributed by atoms with E-state index in [9.17, 15) is 13.2 Å². The number of halogens is 3. The van der Waals surface area contributed by atoms with Gasteiger partial charge in [-0.1, -0.05) is 0 Å². The third kappa shape index (κ3) is 3.09. The van der Waals surface area contributed by atoms with Crippen molar-refractivity contribution in [3.8, 4) is 0 Å². The van der Waals surface area contributed by atoms with Crippen molar-refractivity contribution in [3.05, 3.63) is 47.8 Å². The van der Waals surface area contributed by atoms with Gasteiger partial charge in [-0.2, -0.15) is 13.2 Å². The topological polar surface area (TPSA) is 59.2 Å². The van der Waals surface area contributed by atoms with Gasteiger partial charge in [0.25, 0.3) is 0 Å². The minimum absolute atomic E-state index is 0.0162. The number of hydrogen-bond acceptors (Lipinski definition) is 5. The minimum atomic E-state index is -4.40. The number of alkyl halides is 3. The first-order chi connectivity index (χ1) is 12.4. The molecular weight excluding hydrogens is 345 g/mol. The first-order valence-corrected chi connectivity index (χ1v) is 8.38. The maximum absolute atomic E-state index is 13.0. The number of nitrogens with zero attached hydrogens (tertiary/aromatic N) is 6. The van der Waals surface area contributed by atoms with Gasteiger partial charge in [0.1, 0.15) is 17.5 Å². The van der Waals surface area contributed by atoms with Crippen molar-refractivity contribution in [1.29, 1.82) is 0 Å². The summed E-state index contributed by atoms with van der Waals surface area (Å²) < 4.78 is 40.6. The summed E-state index contributed by atoms with van der Waals surface area (Å²) in [6.07, 6.45) is 0.147. The largest absolute Gasteiger partial charge is 0.417 e. The fraction of sp³-hybridized carbons (Fsp3) is 0.412. The number of pyridine rings is 1. The van der Waals surface area contributed by atoms with Gasteiger partial charge < -0.3 is 4.90 Å². The van der Waals surface area contributed by atoms with Crippen LogP contribution in [-0.4, -0.2) is 37.7 Å². The first-order valence-electron chi connectivity index (χ1n) is 8.38. The number of aryl methyl sites for hydroxylation is 1. The van der Waals surface area contributed by atoms with Gasteiger partial charge >= 0.3 is 6.18 Å². The molecule has 0 aliphatic carbocycles. The average molecular weight is 362 g/mol. The lowest BCUT2D eigenvalue weighted by atomic mass is 9.97. The summed E-state index contributed by atoms with van der Waals surface area (Å²) >= 11 is 0. The van der Waals surface area contributed by atoms with Crippen molar-refractivity contribution in [1.82, 2.24) is 24.6 Å². The fourth-order valence-corrected chi connectivity index (χ4v) is 3.37. The van der Waals surface area contributed by atoms with Crippen LogP contribution in [0.3, 0.4) is 0 Å². The van der Waals surface area contributed by atoms with E-state index >= 15 is 0 Å². The van der Waals surface area contributed by atoms with Crippen LogP contribution in [-0.2, 0) is 6.18 Å². The molecule has 0 radical (unpaired) electrons. The minimum Gasteiger partial charge on any atom is -0.356 e. The Labute approximate surface area is 147 Å². The number of piperidine rings is 1. The Balaban J connectivity index is 1.66. The third-order valence-corrected chi connectivity index (χ3v) is 4.63. The van der Waals surface area contributed by atoms with E-state index in [1.807, 2.05) is 13.0 Å². The quantitative estimate of drug-likeness (QED) is 0.701. The molecule has 9 heteroatoms. The highest BCUT2D eigenvalue weighted by molar-refractivity contribution is 5.42. The zero-order chi connectivity index (χ0) is 18.3. The van der Waals surface area contributed by atoms with Crippen LogP contribution < -0.4 is 4.90 Å². The van der Waals surface area contributed by atoms with E-state index in [1.165, 1.54) is 10.5 Å². The van der Waals surface area contributed by atoms with E-state index < -0.39 is 11.7 Å². The summed E-state index contributed by atoms with van der Waals surface area (Å²) in [6.45, 7) is 3.31. The maximum atomic E-state index is 13.0. The lowest BCUT2D eigenvalue weighted by Gasteiger charge is -2.32. The second-order valence-electron chi connectivity index (χ2n) is 6.45. The molecule has 0 spiro atoms. The summed E-state index contributed by atoms with van der Waals surface area (Å²) in [5.41, 5.74) is -0.284. The summed E-state index contributed by atoms with van der Waals surface area (Å²) in [5, 5.41) is 8.20. The van der Waals surface area contributed by atoms with E-state index in [0.29, 0.717) is 23.8 Å². The molecule has 1 saturated heterocycles. The van der Waals surface area contributed by atoms with Crippen LogP contribution in [0.5, 0.6) is 0 Å². The standard InChI is InChI=1S/C17H17F3N6/c1-11-21-7-6-14(22-11)25-8-2-3-12(9-25)16-24-23-15-5-4-13(10-26(15)16)17(18,19)20/h4-7,10,12H,2-3,8-9H2,1H3. The molecule has 0 amide bonds. The maximum Gasteiger partial charge on any atom is 0.417 e. The Morgan fingerprint density at radius 3 is 2.77 bits per heavy atom. The van der Waals surface area contributed by atoms with Gasteiger partial charge in [0, 0.05) is 31.4 Å². The van der Waals surface area contributed by atoms with Crippen LogP contribution in [0.1, 0.15) is 36.0 Å². The molecule has 1 aliphatic heterocycles. The molecule has 26 heavy (non-hydrogen) atoms. The molecule has 0 saturated carbocycles. The zero-order valence-corrected chi connectivity index (χ0v) is 14.1. The Morgan fingerprint density at radius 2 is 2.00 bits per heavy atom. The summed E-state index contributed by atoms with van der Waals surface area (Å²) in [6, 6.07) is 4.23. The summed E-state index contributed by atoms with van der Waals surface area (Å²) in [7, 11) is 0. The van der Waals surface area contributed by atoms with E-state index in [-0.39, 0.29) is 5.92 Å².